The molecule has 3 aromatic rings. The van der Waals surface area contributed by atoms with Crippen molar-refractivity contribution < 1.29 is 31.1 Å². The molecule has 3 rings (SSSR count). The number of thiazole rings is 1. The first kappa shape index (κ1) is 28.2. The second-order valence-electron chi connectivity index (χ2n) is 7.38. The molecule has 0 fully saturated rings. The van der Waals surface area contributed by atoms with Crippen LogP contribution in [0.5, 0.6) is 0 Å². The number of benzene rings is 2. The smallest absolute Gasteiger partial charge is 0.308 e. The van der Waals surface area contributed by atoms with Gasteiger partial charge >= 0.3 is 12.4 Å². The number of hydrogen-bond acceptors (Lipinski definition) is 5. The van der Waals surface area contributed by atoms with Crippen molar-refractivity contribution in [3.8, 4) is 0 Å². The summed E-state index contributed by atoms with van der Waals surface area (Å²) in [5, 5.41) is 0.195. The number of carbonyl (C=O) groups is 1. The third kappa shape index (κ3) is 6.55. The van der Waals surface area contributed by atoms with Crippen molar-refractivity contribution in [2.75, 3.05) is 38.3 Å². The van der Waals surface area contributed by atoms with Crippen LogP contribution in [0.3, 0.4) is 0 Å². The maximum absolute atomic E-state index is 13.3. The normalized spacial score (nSPS) is 12.2. The molecule has 0 saturated heterocycles. The fourth-order valence-electron chi connectivity index (χ4n) is 2.95. The molecule has 0 bridgehead atoms. The second kappa shape index (κ2) is 10.7. The van der Waals surface area contributed by atoms with Crippen molar-refractivity contribution in [2.45, 2.75) is 17.2 Å². The number of aromatic nitrogens is 1. The quantitative estimate of drug-likeness (QED) is 0.256. The second-order valence-corrected chi connectivity index (χ2v) is 9.27. The topological polar surface area (TPSA) is 36.4 Å². The van der Waals surface area contributed by atoms with E-state index in [2.05, 4.69) is 4.98 Å². The maximum Gasteiger partial charge on any atom is 0.416 e. The van der Waals surface area contributed by atoms with Gasteiger partial charge in [0, 0.05) is 23.5 Å². The highest BCUT2D eigenvalue weighted by molar-refractivity contribution is 7.98. The molecule has 0 unspecified atom stereocenters. The number of nitrogens with zero attached hydrogens (tertiary/aromatic N) is 3. The van der Waals surface area contributed by atoms with E-state index in [9.17, 15) is 31.1 Å². The summed E-state index contributed by atoms with van der Waals surface area (Å²) in [5.74, 6) is -0.988. The van der Waals surface area contributed by atoms with Gasteiger partial charge in [-0.15, -0.1) is 24.2 Å². The molecule has 0 saturated carbocycles. The standard InChI is InChI=1S/C21H19F6N3OS2.ClH/c1-29(2)6-7-30(19-28-16-5-4-15(32-3)11-17(16)33-19)18(31)12-8-13(20(22,23)24)10-14(9-12)21(25,26)27;/h4-5,8-11H,6-7H2,1-3H3;1H. The molecule has 0 spiro atoms. The molecule has 0 radical (unpaired) electrons. The van der Waals surface area contributed by atoms with Crippen LogP contribution in [-0.2, 0) is 12.4 Å². The van der Waals surface area contributed by atoms with Crippen LogP contribution < -0.4 is 4.90 Å². The van der Waals surface area contributed by atoms with Gasteiger partial charge in [-0.2, -0.15) is 26.3 Å². The first-order valence-corrected chi connectivity index (χ1v) is 11.5. The van der Waals surface area contributed by atoms with E-state index in [4.69, 9.17) is 0 Å². The number of hydrogen-bond donors (Lipinski definition) is 0. The van der Waals surface area contributed by atoms with Gasteiger partial charge in [-0.05, 0) is 56.7 Å². The Hall–Kier alpha value is -2.02. The summed E-state index contributed by atoms with van der Waals surface area (Å²) in [6.07, 6.45) is -8.20. The Balaban J connectivity index is 0.00000408. The van der Waals surface area contributed by atoms with Crippen LogP contribution in [0.25, 0.3) is 10.2 Å². The molecule has 1 heterocycles. The minimum atomic E-state index is -5.05. The Morgan fingerprint density at radius 3 is 2.06 bits per heavy atom. The molecule has 0 aliphatic rings. The molecule has 186 valence electrons. The van der Waals surface area contributed by atoms with E-state index in [1.54, 1.807) is 25.1 Å². The molecular weight excluding hydrogens is 524 g/mol. The Bertz CT molecular complexity index is 1130. The van der Waals surface area contributed by atoms with Crippen LogP contribution in [0, 0.1) is 0 Å². The van der Waals surface area contributed by atoms with Gasteiger partial charge < -0.3 is 4.90 Å². The predicted octanol–water partition coefficient (Wildman–Crippen LogP) is 6.69. The number of amides is 1. The van der Waals surface area contributed by atoms with E-state index in [0.717, 1.165) is 25.8 Å². The summed E-state index contributed by atoms with van der Waals surface area (Å²) in [6.45, 7) is 0.349. The summed E-state index contributed by atoms with van der Waals surface area (Å²) in [7, 11) is 3.47. The van der Waals surface area contributed by atoms with E-state index >= 15 is 0 Å². The summed E-state index contributed by atoms with van der Waals surface area (Å²) in [6, 6.07) is 6.34. The molecule has 1 amide bonds. The minimum Gasteiger partial charge on any atom is -0.308 e. The van der Waals surface area contributed by atoms with Crippen LogP contribution in [0.1, 0.15) is 21.5 Å². The van der Waals surface area contributed by atoms with Gasteiger partial charge in [-0.1, -0.05) is 11.3 Å². The summed E-state index contributed by atoms with van der Waals surface area (Å²) >= 11 is 2.65. The average Bonchev–Trinajstić information content (AvgIpc) is 3.14. The van der Waals surface area contributed by atoms with Gasteiger partial charge in [0.1, 0.15) is 0 Å². The lowest BCUT2D eigenvalue weighted by Gasteiger charge is -2.23. The number of alkyl halides is 6. The third-order valence-electron chi connectivity index (χ3n) is 4.67. The van der Waals surface area contributed by atoms with Crippen molar-refractivity contribution >= 4 is 56.8 Å². The number of rotatable bonds is 6. The summed E-state index contributed by atoms with van der Waals surface area (Å²) in [5.41, 5.74) is -3.21. The Morgan fingerprint density at radius 2 is 1.56 bits per heavy atom. The molecule has 34 heavy (non-hydrogen) atoms. The fourth-order valence-corrected chi connectivity index (χ4v) is 4.50. The molecule has 0 N–H and O–H groups in total. The molecule has 4 nitrogen and oxygen atoms in total. The zero-order valence-corrected chi connectivity index (χ0v) is 20.6. The zero-order valence-electron chi connectivity index (χ0n) is 18.1. The van der Waals surface area contributed by atoms with Gasteiger partial charge in [0.05, 0.1) is 21.3 Å². The van der Waals surface area contributed by atoms with Crippen LogP contribution >= 0.6 is 35.5 Å². The van der Waals surface area contributed by atoms with Gasteiger partial charge in [0.25, 0.3) is 5.91 Å². The molecular formula is C21H20ClF6N3OS2. The van der Waals surface area contributed by atoms with Gasteiger partial charge in [-0.25, -0.2) is 4.98 Å². The monoisotopic (exact) mass is 543 g/mol. The first-order chi connectivity index (χ1) is 15.3. The van der Waals surface area contributed by atoms with Gasteiger partial charge in [-0.3, -0.25) is 9.69 Å². The highest BCUT2D eigenvalue weighted by atomic mass is 35.5. The van der Waals surface area contributed by atoms with Crippen molar-refractivity contribution in [2.24, 2.45) is 0 Å². The molecule has 2 aromatic carbocycles. The van der Waals surface area contributed by atoms with Crippen LogP contribution in [0.4, 0.5) is 31.5 Å². The van der Waals surface area contributed by atoms with E-state index < -0.39 is 35.0 Å². The van der Waals surface area contributed by atoms with Crippen LogP contribution in [-0.4, -0.2) is 49.2 Å². The van der Waals surface area contributed by atoms with E-state index in [0.29, 0.717) is 24.2 Å². The SMILES string of the molecule is CSc1ccc2nc(N(CCN(C)C)C(=O)c3cc(C(F)(F)F)cc(C(F)(F)F)c3)sc2c1.Cl. The third-order valence-corrected chi connectivity index (χ3v) is 6.43. The molecule has 0 aliphatic carbocycles. The fraction of sp³-hybridized carbons (Fsp3) is 0.333. The molecule has 13 heteroatoms. The van der Waals surface area contributed by atoms with E-state index in [1.807, 2.05) is 18.4 Å². The largest absolute Gasteiger partial charge is 0.416 e. The highest BCUT2D eigenvalue weighted by Gasteiger charge is 2.38. The highest BCUT2D eigenvalue weighted by Crippen LogP contribution is 2.37. The van der Waals surface area contributed by atoms with Gasteiger partial charge in [0.2, 0.25) is 0 Å². The van der Waals surface area contributed by atoms with Crippen molar-refractivity contribution in [3.63, 3.8) is 0 Å². The number of halogens is 7. The van der Waals surface area contributed by atoms with Gasteiger partial charge in [0.15, 0.2) is 5.13 Å². The zero-order chi connectivity index (χ0) is 24.6. The van der Waals surface area contributed by atoms with E-state index in [1.165, 1.54) is 11.8 Å². The van der Waals surface area contributed by atoms with Crippen LogP contribution in [0.15, 0.2) is 41.3 Å². The van der Waals surface area contributed by atoms with Crippen molar-refractivity contribution in [1.29, 1.82) is 0 Å². The Kier molecular flexibility index (Phi) is 8.89. The summed E-state index contributed by atoms with van der Waals surface area (Å²) in [4.78, 5) is 21.5. The van der Waals surface area contributed by atoms with Crippen LogP contribution in [0.2, 0.25) is 0 Å². The number of thioether (sulfide) groups is 1. The van der Waals surface area contributed by atoms with Crippen molar-refractivity contribution in [3.05, 3.63) is 53.1 Å². The van der Waals surface area contributed by atoms with E-state index in [-0.39, 0.29) is 30.1 Å². The lowest BCUT2D eigenvalue weighted by atomic mass is 10.0. The lowest BCUT2D eigenvalue weighted by Crippen LogP contribution is -2.37. The Morgan fingerprint density at radius 1 is 0.971 bits per heavy atom. The molecule has 1 aromatic heterocycles. The number of anilines is 1. The number of likely N-dealkylation sites (N-methyl/N-ethyl adjacent to an activating group) is 1. The number of carbonyl (C=O) groups excluding carboxylic acids is 1. The molecule has 0 atom stereocenters. The minimum absolute atomic E-state index is 0. The number of fused-ring (bicyclic) bond motifs is 1. The first-order valence-electron chi connectivity index (χ1n) is 9.50. The van der Waals surface area contributed by atoms with Crippen molar-refractivity contribution in [1.82, 2.24) is 9.88 Å². The summed E-state index contributed by atoms with van der Waals surface area (Å²) < 4.78 is 80.4. The predicted molar refractivity (Wildman–Crippen MR) is 125 cm³/mol. The maximum atomic E-state index is 13.3. The lowest BCUT2D eigenvalue weighted by molar-refractivity contribution is -0.143. The average molecular weight is 544 g/mol. The Labute approximate surface area is 206 Å². The molecule has 0 aliphatic heterocycles.